The fourth-order valence-electron chi connectivity index (χ4n) is 3.32. The second kappa shape index (κ2) is 6.51. The van der Waals surface area contributed by atoms with Gasteiger partial charge in [-0.3, -0.25) is 4.79 Å². The maximum atomic E-state index is 12.8. The fourth-order valence-corrected chi connectivity index (χ4v) is 3.32. The molecule has 2 aromatic rings. The Morgan fingerprint density at radius 2 is 1.92 bits per heavy atom. The molecular formula is C17H22F3N5O. The lowest BCUT2D eigenvalue weighted by Crippen LogP contribution is -2.38. The summed E-state index contributed by atoms with van der Waals surface area (Å²) < 4.78 is 39.6. The Hall–Kier alpha value is -2.19. The molecule has 2 heterocycles. The van der Waals surface area contributed by atoms with E-state index < -0.39 is 12.0 Å². The van der Waals surface area contributed by atoms with Gasteiger partial charge in [-0.05, 0) is 52.5 Å². The second-order valence-electron chi connectivity index (χ2n) is 7.03. The summed E-state index contributed by atoms with van der Waals surface area (Å²) in [5, 5.41) is 3.54. The summed E-state index contributed by atoms with van der Waals surface area (Å²) in [7, 11) is 0. The summed E-state index contributed by atoms with van der Waals surface area (Å²) in [6.45, 7) is 7.39. The van der Waals surface area contributed by atoms with Crippen molar-refractivity contribution in [1.82, 2.24) is 24.5 Å². The van der Waals surface area contributed by atoms with Gasteiger partial charge < -0.3 is 4.90 Å². The molecule has 6 nitrogen and oxygen atoms in total. The van der Waals surface area contributed by atoms with Gasteiger partial charge >= 0.3 is 6.18 Å². The number of nitrogens with zero attached hydrogens (tertiary/aromatic N) is 5. The number of fused-ring (bicyclic) bond motifs is 1. The van der Waals surface area contributed by atoms with Crippen LogP contribution in [-0.2, 0) is 17.4 Å². The van der Waals surface area contributed by atoms with Crippen LogP contribution < -0.4 is 0 Å². The molecule has 0 unspecified atom stereocenters. The first-order valence-corrected chi connectivity index (χ1v) is 8.70. The van der Waals surface area contributed by atoms with E-state index in [2.05, 4.69) is 15.1 Å². The SMILES string of the molecule is Cc1nc2nc(C(F)(F)F)nn2c(C)c1CCC(=O)N(C(C)C)C1CC1. The van der Waals surface area contributed by atoms with Gasteiger partial charge in [0.25, 0.3) is 11.6 Å². The number of aromatic nitrogens is 4. The molecule has 0 N–H and O–H groups in total. The second-order valence-corrected chi connectivity index (χ2v) is 7.03. The molecule has 0 radical (unpaired) electrons. The van der Waals surface area contributed by atoms with Crippen LogP contribution in [0, 0.1) is 13.8 Å². The van der Waals surface area contributed by atoms with Crippen molar-refractivity contribution in [3.8, 4) is 0 Å². The summed E-state index contributed by atoms with van der Waals surface area (Å²) in [5.74, 6) is -1.22. The van der Waals surface area contributed by atoms with Gasteiger partial charge in [-0.25, -0.2) is 9.50 Å². The van der Waals surface area contributed by atoms with Crippen LogP contribution in [0.2, 0.25) is 0 Å². The smallest absolute Gasteiger partial charge is 0.337 e. The fraction of sp³-hybridized carbons (Fsp3) is 0.647. The van der Waals surface area contributed by atoms with Gasteiger partial charge in [0.2, 0.25) is 5.91 Å². The van der Waals surface area contributed by atoms with Crippen molar-refractivity contribution in [3.05, 3.63) is 22.8 Å². The van der Waals surface area contributed by atoms with Crippen LogP contribution in [0.1, 0.15) is 55.9 Å². The quantitative estimate of drug-likeness (QED) is 0.813. The molecule has 0 atom stereocenters. The number of hydrogen-bond acceptors (Lipinski definition) is 4. The molecule has 1 amide bonds. The summed E-state index contributed by atoms with van der Waals surface area (Å²) in [6, 6.07) is 0.470. The van der Waals surface area contributed by atoms with Crippen LogP contribution in [-0.4, -0.2) is 42.5 Å². The predicted octanol–water partition coefficient (Wildman–Crippen LogP) is 3.09. The van der Waals surface area contributed by atoms with Crippen molar-refractivity contribution in [2.75, 3.05) is 0 Å². The van der Waals surface area contributed by atoms with Crippen molar-refractivity contribution in [3.63, 3.8) is 0 Å². The van der Waals surface area contributed by atoms with E-state index in [-0.39, 0.29) is 17.7 Å². The van der Waals surface area contributed by atoms with Crippen LogP contribution in [0.5, 0.6) is 0 Å². The number of rotatable bonds is 5. The predicted molar refractivity (Wildman–Crippen MR) is 88.6 cm³/mol. The highest BCUT2D eigenvalue weighted by Gasteiger charge is 2.37. The number of carbonyl (C=O) groups excluding carboxylic acids is 1. The van der Waals surface area contributed by atoms with Crippen molar-refractivity contribution >= 4 is 11.7 Å². The third-order valence-electron chi connectivity index (χ3n) is 4.68. The van der Waals surface area contributed by atoms with E-state index in [0.29, 0.717) is 30.3 Å². The van der Waals surface area contributed by atoms with Crippen molar-refractivity contribution in [2.45, 2.75) is 71.6 Å². The van der Waals surface area contributed by atoms with Gasteiger partial charge in [-0.15, -0.1) is 5.10 Å². The van der Waals surface area contributed by atoms with E-state index in [9.17, 15) is 18.0 Å². The summed E-state index contributed by atoms with van der Waals surface area (Å²) in [6.07, 6.45) is -1.84. The number of amides is 1. The lowest BCUT2D eigenvalue weighted by Gasteiger charge is -2.27. The Bertz CT molecular complexity index is 837. The van der Waals surface area contributed by atoms with Gasteiger partial charge in [-0.1, -0.05) is 0 Å². The average Bonchev–Trinajstić information content (AvgIpc) is 3.23. The number of aryl methyl sites for hydroxylation is 2. The Labute approximate surface area is 149 Å². The number of carbonyl (C=O) groups is 1. The average molecular weight is 369 g/mol. The first-order chi connectivity index (χ1) is 12.1. The largest absolute Gasteiger partial charge is 0.453 e. The minimum Gasteiger partial charge on any atom is -0.337 e. The maximum absolute atomic E-state index is 12.8. The molecule has 0 saturated heterocycles. The van der Waals surface area contributed by atoms with Crippen LogP contribution >= 0.6 is 0 Å². The van der Waals surface area contributed by atoms with Gasteiger partial charge in [0.15, 0.2) is 0 Å². The first-order valence-electron chi connectivity index (χ1n) is 8.70. The van der Waals surface area contributed by atoms with E-state index in [1.165, 1.54) is 0 Å². The highest BCUT2D eigenvalue weighted by Crippen LogP contribution is 2.30. The first kappa shape index (κ1) is 18.6. The van der Waals surface area contributed by atoms with E-state index >= 15 is 0 Å². The molecule has 0 bridgehead atoms. The lowest BCUT2D eigenvalue weighted by molar-refractivity contribution is -0.144. The molecule has 1 fully saturated rings. The van der Waals surface area contributed by atoms with Gasteiger partial charge in [0.1, 0.15) is 0 Å². The molecule has 1 aliphatic rings. The van der Waals surface area contributed by atoms with E-state index in [1.807, 2.05) is 18.7 Å². The van der Waals surface area contributed by atoms with E-state index in [4.69, 9.17) is 0 Å². The molecule has 2 aromatic heterocycles. The van der Waals surface area contributed by atoms with Gasteiger partial charge in [0.05, 0.1) is 0 Å². The molecule has 1 aliphatic carbocycles. The minimum absolute atomic E-state index is 0.0657. The highest BCUT2D eigenvalue weighted by atomic mass is 19.4. The molecule has 0 spiro atoms. The number of alkyl halides is 3. The Kier molecular flexibility index (Phi) is 4.66. The van der Waals surface area contributed by atoms with Crippen molar-refractivity contribution in [2.24, 2.45) is 0 Å². The summed E-state index contributed by atoms with van der Waals surface area (Å²) in [5.41, 5.74) is 1.85. The minimum atomic E-state index is -4.62. The molecule has 9 heteroatoms. The summed E-state index contributed by atoms with van der Waals surface area (Å²) in [4.78, 5) is 22.1. The molecule has 26 heavy (non-hydrogen) atoms. The molecular weight excluding hydrogens is 347 g/mol. The standard InChI is InChI=1S/C17H22F3N5O/c1-9(2)24(12-5-6-12)14(26)8-7-13-10(3)21-16-22-15(17(18,19)20)23-25(16)11(13)4/h9,12H,5-8H2,1-4H3. The van der Waals surface area contributed by atoms with E-state index in [0.717, 1.165) is 22.9 Å². The van der Waals surface area contributed by atoms with Crippen LogP contribution in [0.15, 0.2) is 0 Å². The monoisotopic (exact) mass is 369 g/mol. The Morgan fingerprint density at radius 3 is 2.46 bits per heavy atom. The third-order valence-corrected chi connectivity index (χ3v) is 4.68. The molecule has 1 saturated carbocycles. The molecule has 0 aliphatic heterocycles. The Morgan fingerprint density at radius 1 is 1.27 bits per heavy atom. The van der Waals surface area contributed by atoms with Gasteiger partial charge in [0, 0.05) is 29.9 Å². The zero-order valence-corrected chi connectivity index (χ0v) is 15.3. The van der Waals surface area contributed by atoms with Crippen LogP contribution in [0.25, 0.3) is 5.78 Å². The van der Waals surface area contributed by atoms with Crippen molar-refractivity contribution < 1.29 is 18.0 Å². The number of hydrogen-bond donors (Lipinski definition) is 0. The maximum Gasteiger partial charge on any atom is 0.453 e. The molecule has 0 aromatic carbocycles. The van der Waals surface area contributed by atoms with E-state index in [1.54, 1.807) is 13.8 Å². The summed E-state index contributed by atoms with van der Waals surface area (Å²) >= 11 is 0. The Balaban J connectivity index is 1.84. The van der Waals surface area contributed by atoms with Gasteiger partial charge in [-0.2, -0.15) is 18.2 Å². The zero-order chi connectivity index (χ0) is 19.2. The third kappa shape index (κ3) is 3.52. The number of halogens is 3. The molecule has 3 rings (SSSR count). The van der Waals surface area contributed by atoms with Crippen LogP contribution in [0.3, 0.4) is 0 Å². The highest BCUT2D eigenvalue weighted by molar-refractivity contribution is 5.77. The zero-order valence-electron chi connectivity index (χ0n) is 15.3. The van der Waals surface area contributed by atoms with Crippen LogP contribution in [0.4, 0.5) is 13.2 Å². The lowest BCUT2D eigenvalue weighted by atomic mass is 10.1. The topological polar surface area (TPSA) is 63.4 Å². The van der Waals surface area contributed by atoms with Crippen molar-refractivity contribution in [1.29, 1.82) is 0 Å². The molecule has 142 valence electrons. The normalized spacial score (nSPS) is 15.1.